The summed E-state index contributed by atoms with van der Waals surface area (Å²) in [7, 11) is 1.59. The van der Waals surface area contributed by atoms with Crippen molar-refractivity contribution in [1.82, 2.24) is 9.55 Å². The standard InChI is InChI=1S/C13H13ClN2O3/c1-7-4-9-11(5-10(7)14)15-12(6-19-8(2)17)16(3)13(9)18/h4-5H,6H2,1-3H3. The Bertz CT molecular complexity index is 722. The Hall–Kier alpha value is -1.88. The molecule has 6 heteroatoms. The molecule has 5 nitrogen and oxygen atoms in total. The molecule has 1 aromatic carbocycles. The number of rotatable bonds is 2. The van der Waals surface area contributed by atoms with Crippen molar-refractivity contribution < 1.29 is 9.53 Å². The molecule has 100 valence electrons. The van der Waals surface area contributed by atoms with Crippen molar-refractivity contribution >= 4 is 28.5 Å². The van der Waals surface area contributed by atoms with E-state index in [4.69, 9.17) is 16.3 Å². The molecule has 0 radical (unpaired) electrons. The summed E-state index contributed by atoms with van der Waals surface area (Å²) < 4.78 is 6.25. The Morgan fingerprint density at radius 3 is 2.79 bits per heavy atom. The van der Waals surface area contributed by atoms with Crippen molar-refractivity contribution in [1.29, 1.82) is 0 Å². The Kier molecular flexibility index (Phi) is 3.57. The lowest BCUT2D eigenvalue weighted by molar-refractivity contribution is -0.142. The normalized spacial score (nSPS) is 10.7. The van der Waals surface area contributed by atoms with Crippen LogP contribution in [0.3, 0.4) is 0 Å². The predicted molar refractivity (Wildman–Crippen MR) is 72.2 cm³/mol. The molecule has 1 aromatic heterocycles. The number of ether oxygens (including phenoxy) is 1. The lowest BCUT2D eigenvalue weighted by atomic mass is 10.1. The number of halogens is 1. The van der Waals surface area contributed by atoms with Gasteiger partial charge in [0.25, 0.3) is 5.56 Å². The largest absolute Gasteiger partial charge is 0.458 e. The smallest absolute Gasteiger partial charge is 0.303 e. The van der Waals surface area contributed by atoms with Crippen molar-refractivity contribution in [2.45, 2.75) is 20.5 Å². The molecule has 0 fully saturated rings. The van der Waals surface area contributed by atoms with Crippen LogP contribution in [0.2, 0.25) is 5.02 Å². The van der Waals surface area contributed by atoms with Gasteiger partial charge in [0.05, 0.1) is 10.9 Å². The molecule has 0 amide bonds. The molecule has 0 saturated heterocycles. The van der Waals surface area contributed by atoms with Crippen molar-refractivity contribution in [3.05, 3.63) is 38.9 Å². The van der Waals surface area contributed by atoms with Gasteiger partial charge in [-0.3, -0.25) is 14.2 Å². The third-order valence-electron chi connectivity index (χ3n) is 2.85. The van der Waals surface area contributed by atoms with Gasteiger partial charge < -0.3 is 4.74 Å². The van der Waals surface area contributed by atoms with E-state index >= 15 is 0 Å². The minimum Gasteiger partial charge on any atom is -0.458 e. The number of hydrogen-bond acceptors (Lipinski definition) is 4. The Morgan fingerprint density at radius 1 is 1.47 bits per heavy atom. The summed E-state index contributed by atoms with van der Waals surface area (Å²) in [5.74, 6) is -0.0381. The summed E-state index contributed by atoms with van der Waals surface area (Å²) in [6, 6.07) is 3.35. The molecule has 0 saturated carbocycles. The fourth-order valence-electron chi connectivity index (χ4n) is 1.74. The molecule has 0 aliphatic heterocycles. The quantitative estimate of drug-likeness (QED) is 0.789. The highest BCUT2D eigenvalue weighted by molar-refractivity contribution is 6.32. The van der Waals surface area contributed by atoms with Gasteiger partial charge in [-0.15, -0.1) is 0 Å². The van der Waals surface area contributed by atoms with E-state index in [1.54, 1.807) is 19.2 Å². The van der Waals surface area contributed by atoms with Crippen molar-refractivity contribution in [3.63, 3.8) is 0 Å². The lowest BCUT2D eigenvalue weighted by Crippen LogP contribution is -2.23. The van der Waals surface area contributed by atoms with Gasteiger partial charge >= 0.3 is 5.97 Å². The molecule has 2 aromatic rings. The van der Waals surface area contributed by atoms with Gasteiger partial charge in [-0.25, -0.2) is 4.98 Å². The van der Waals surface area contributed by atoms with Crippen LogP contribution in [-0.2, 0) is 23.2 Å². The third kappa shape index (κ3) is 2.61. The molecule has 2 rings (SSSR count). The van der Waals surface area contributed by atoms with E-state index in [-0.39, 0.29) is 12.2 Å². The molecule has 0 aliphatic carbocycles. The number of hydrogen-bond donors (Lipinski definition) is 0. The van der Waals surface area contributed by atoms with Crippen LogP contribution in [0.4, 0.5) is 0 Å². The second-order valence-electron chi connectivity index (χ2n) is 4.29. The van der Waals surface area contributed by atoms with Crippen LogP contribution >= 0.6 is 11.6 Å². The number of carbonyl (C=O) groups is 1. The molecule has 0 aliphatic rings. The average molecular weight is 281 g/mol. The van der Waals surface area contributed by atoms with Crippen molar-refractivity contribution in [2.24, 2.45) is 7.05 Å². The van der Waals surface area contributed by atoms with Crippen LogP contribution in [0.15, 0.2) is 16.9 Å². The van der Waals surface area contributed by atoms with E-state index in [0.29, 0.717) is 21.7 Å². The summed E-state index contributed by atoms with van der Waals surface area (Å²) in [6.07, 6.45) is 0. The molecule has 0 unspecified atom stereocenters. The van der Waals surface area contributed by atoms with Gasteiger partial charge in [0.15, 0.2) is 0 Å². The maximum absolute atomic E-state index is 12.2. The van der Waals surface area contributed by atoms with Crippen LogP contribution in [0, 0.1) is 6.92 Å². The Morgan fingerprint density at radius 2 is 2.16 bits per heavy atom. The zero-order chi connectivity index (χ0) is 14.2. The summed E-state index contributed by atoms with van der Waals surface area (Å²) in [5, 5.41) is 1.04. The van der Waals surface area contributed by atoms with E-state index in [1.165, 1.54) is 11.5 Å². The Labute approximate surface area is 114 Å². The van der Waals surface area contributed by atoms with Gasteiger partial charge in [-0.05, 0) is 24.6 Å². The van der Waals surface area contributed by atoms with Crippen LogP contribution in [0.1, 0.15) is 18.3 Å². The molecule has 0 atom stereocenters. The van der Waals surface area contributed by atoms with Gasteiger partial charge in [-0.1, -0.05) is 11.6 Å². The van der Waals surface area contributed by atoms with Crippen LogP contribution in [-0.4, -0.2) is 15.5 Å². The van der Waals surface area contributed by atoms with Crippen LogP contribution in [0.5, 0.6) is 0 Å². The number of fused-ring (bicyclic) bond motifs is 1. The first-order valence-electron chi connectivity index (χ1n) is 5.69. The molecular weight excluding hydrogens is 268 g/mol. The predicted octanol–water partition coefficient (Wildman–Crippen LogP) is 1.96. The van der Waals surface area contributed by atoms with Crippen molar-refractivity contribution in [2.75, 3.05) is 0 Å². The van der Waals surface area contributed by atoms with E-state index in [0.717, 1.165) is 5.56 Å². The lowest BCUT2D eigenvalue weighted by Gasteiger charge is -2.10. The zero-order valence-electron chi connectivity index (χ0n) is 10.9. The second-order valence-corrected chi connectivity index (χ2v) is 4.70. The fraction of sp³-hybridized carbons (Fsp3) is 0.308. The van der Waals surface area contributed by atoms with Gasteiger partial charge in [0.1, 0.15) is 12.4 Å². The number of esters is 1. The topological polar surface area (TPSA) is 61.2 Å². The fourth-order valence-corrected chi connectivity index (χ4v) is 1.90. The monoisotopic (exact) mass is 280 g/mol. The zero-order valence-corrected chi connectivity index (χ0v) is 11.6. The molecule has 0 bridgehead atoms. The van der Waals surface area contributed by atoms with E-state index in [2.05, 4.69) is 4.98 Å². The average Bonchev–Trinajstić information content (AvgIpc) is 2.35. The first-order chi connectivity index (χ1) is 8.90. The first kappa shape index (κ1) is 13.5. The highest BCUT2D eigenvalue weighted by Gasteiger charge is 2.11. The minimum absolute atomic E-state index is 0.0392. The summed E-state index contributed by atoms with van der Waals surface area (Å²) in [4.78, 5) is 27.3. The molecular formula is C13H13ClN2O3. The van der Waals surface area contributed by atoms with Gasteiger partial charge in [0, 0.05) is 19.0 Å². The highest BCUT2D eigenvalue weighted by atomic mass is 35.5. The third-order valence-corrected chi connectivity index (χ3v) is 3.26. The SMILES string of the molecule is CC(=O)OCc1nc2cc(Cl)c(C)cc2c(=O)n1C. The minimum atomic E-state index is -0.420. The number of aromatic nitrogens is 2. The van der Waals surface area contributed by atoms with Crippen LogP contribution < -0.4 is 5.56 Å². The van der Waals surface area contributed by atoms with E-state index < -0.39 is 5.97 Å². The molecule has 0 spiro atoms. The molecule has 0 N–H and O–H groups in total. The number of carbonyl (C=O) groups excluding carboxylic acids is 1. The number of benzene rings is 1. The molecule has 19 heavy (non-hydrogen) atoms. The van der Waals surface area contributed by atoms with E-state index in [9.17, 15) is 9.59 Å². The number of aryl methyl sites for hydroxylation is 1. The maximum atomic E-state index is 12.2. The summed E-state index contributed by atoms with van der Waals surface area (Å²) >= 11 is 6.03. The first-order valence-corrected chi connectivity index (χ1v) is 6.07. The maximum Gasteiger partial charge on any atom is 0.303 e. The van der Waals surface area contributed by atoms with Crippen LogP contribution in [0.25, 0.3) is 10.9 Å². The second kappa shape index (κ2) is 5.01. The summed E-state index contributed by atoms with van der Waals surface area (Å²) in [5.41, 5.74) is 1.13. The summed E-state index contributed by atoms with van der Waals surface area (Å²) in [6.45, 7) is 3.09. The highest BCUT2D eigenvalue weighted by Crippen LogP contribution is 2.20. The van der Waals surface area contributed by atoms with Gasteiger partial charge in [0.2, 0.25) is 0 Å². The number of nitrogens with zero attached hydrogens (tertiary/aromatic N) is 2. The van der Waals surface area contributed by atoms with Crippen molar-refractivity contribution in [3.8, 4) is 0 Å². The molecule has 1 heterocycles. The Balaban J connectivity index is 2.62. The van der Waals surface area contributed by atoms with E-state index in [1.807, 2.05) is 6.92 Å². The van der Waals surface area contributed by atoms with Gasteiger partial charge in [-0.2, -0.15) is 0 Å².